The van der Waals surface area contributed by atoms with Gasteiger partial charge in [-0.15, -0.1) is 11.3 Å². The van der Waals surface area contributed by atoms with E-state index in [-0.39, 0.29) is 5.88 Å². The monoisotopic (exact) mass is 191 g/mol. The standard InChI is InChI=1S/C10H9NOS/c1-7-9(12)11-10(13-7)8-5-3-2-4-6-8/h2-6,12H,1H3. The first-order valence-electron chi connectivity index (χ1n) is 3.99. The molecular weight excluding hydrogens is 182 g/mol. The van der Waals surface area contributed by atoms with E-state index < -0.39 is 0 Å². The van der Waals surface area contributed by atoms with Gasteiger partial charge >= 0.3 is 0 Å². The first kappa shape index (κ1) is 8.26. The van der Waals surface area contributed by atoms with Crippen LogP contribution in [-0.2, 0) is 0 Å². The Morgan fingerprint density at radius 2 is 1.92 bits per heavy atom. The molecule has 3 heteroatoms. The highest BCUT2D eigenvalue weighted by Gasteiger charge is 2.06. The third kappa shape index (κ3) is 1.55. The summed E-state index contributed by atoms with van der Waals surface area (Å²) in [5, 5.41) is 10.2. The minimum Gasteiger partial charge on any atom is -0.492 e. The number of nitrogens with zero attached hydrogens (tertiary/aromatic N) is 1. The second kappa shape index (κ2) is 3.18. The maximum atomic E-state index is 9.30. The quantitative estimate of drug-likeness (QED) is 0.751. The van der Waals surface area contributed by atoms with E-state index in [1.807, 2.05) is 37.3 Å². The van der Waals surface area contributed by atoms with Crippen molar-refractivity contribution in [1.29, 1.82) is 0 Å². The Bertz CT molecular complexity index is 389. The molecule has 0 aliphatic carbocycles. The summed E-state index contributed by atoms with van der Waals surface area (Å²) in [6.07, 6.45) is 0. The molecule has 0 saturated carbocycles. The van der Waals surface area contributed by atoms with Gasteiger partial charge < -0.3 is 5.11 Å². The second-order valence-electron chi connectivity index (χ2n) is 2.76. The van der Waals surface area contributed by atoms with E-state index in [4.69, 9.17) is 0 Å². The zero-order valence-electron chi connectivity index (χ0n) is 7.19. The van der Waals surface area contributed by atoms with Gasteiger partial charge in [-0.25, -0.2) is 4.98 Å². The summed E-state index contributed by atoms with van der Waals surface area (Å²) in [6, 6.07) is 9.85. The highest BCUT2D eigenvalue weighted by molar-refractivity contribution is 7.15. The van der Waals surface area contributed by atoms with Crippen molar-refractivity contribution < 1.29 is 5.11 Å². The lowest BCUT2D eigenvalue weighted by Crippen LogP contribution is -1.72. The highest BCUT2D eigenvalue weighted by Crippen LogP contribution is 2.30. The average molecular weight is 191 g/mol. The summed E-state index contributed by atoms with van der Waals surface area (Å²) >= 11 is 1.51. The van der Waals surface area contributed by atoms with Crippen LogP contribution >= 0.6 is 11.3 Å². The maximum absolute atomic E-state index is 9.30. The smallest absolute Gasteiger partial charge is 0.225 e. The van der Waals surface area contributed by atoms with Crippen LogP contribution in [0.25, 0.3) is 10.6 Å². The number of hydrogen-bond donors (Lipinski definition) is 1. The lowest BCUT2D eigenvalue weighted by Gasteiger charge is -1.92. The van der Waals surface area contributed by atoms with Crippen LogP contribution in [0, 0.1) is 6.92 Å². The number of aromatic hydroxyl groups is 1. The fourth-order valence-electron chi connectivity index (χ4n) is 1.09. The van der Waals surface area contributed by atoms with Gasteiger partial charge in [-0.1, -0.05) is 30.3 Å². The summed E-state index contributed by atoms with van der Waals surface area (Å²) in [5.74, 6) is 0.142. The molecule has 1 N–H and O–H groups in total. The number of hydrogen-bond acceptors (Lipinski definition) is 3. The van der Waals surface area contributed by atoms with Gasteiger partial charge in [0.05, 0.1) is 4.88 Å². The molecule has 66 valence electrons. The molecule has 0 aliphatic rings. The van der Waals surface area contributed by atoms with Crippen molar-refractivity contribution in [2.45, 2.75) is 6.92 Å². The Kier molecular flexibility index (Phi) is 2.02. The predicted molar refractivity (Wildman–Crippen MR) is 54.0 cm³/mol. The molecule has 1 aromatic heterocycles. The third-order valence-corrected chi connectivity index (χ3v) is 2.80. The van der Waals surface area contributed by atoms with Crippen molar-refractivity contribution in [2.24, 2.45) is 0 Å². The van der Waals surface area contributed by atoms with Gasteiger partial charge in [-0.2, -0.15) is 0 Å². The van der Waals surface area contributed by atoms with Crippen LogP contribution in [0.3, 0.4) is 0 Å². The summed E-state index contributed by atoms with van der Waals surface area (Å²) in [7, 11) is 0. The summed E-state index contributed by atoms with van der Waals surface area (Å²) in [5.41, 5.74) is 1.05. The van der Waals surface area contributed by atoms with E-state index in [0.717, 1.165) is 15.4 Å². The Hall–Kier alpha value is -1.35. The normalized spacial score (nSPS) is 10.2. The SMILES string of the molecule is Cc1sc(-c2ccccc2)nc1O. The van der Waals surface area contributed by atoms with Crippen LogP contribution in [0.2, 0.25) is 0 Å². The average Bonchev–Trinajstić information content (AvgIpc) is 2.49. The molecule has 0 fully saturated rings. The lowest BCUT2D eigenvalue weighted by atomic mass is 10.2. The molecule has 13 heavy (non-hydrogen) atoms. The van der Waals surface area contributed by atoms with Gasteiger partial charge in [-0.3, -0.25) is 0 Å². The molecule has 0 bridgehead atoms. The minimum atomic E-state index is 0.142. The number of benzene rings is 1. The molecule has 2 rings (SSSR count). The van der Waals surface area contributed by atoms with Crippen molar-refractivity contribution >= 4 is 11.3 Å². The molecule has 1 aromatic carbocycles. The predicted octanol–water partition coefficient (Wildman–Crippen LogP) is 2.82. The topological polar surface area (TPSA) is 33.1 Å². The van der Waals surface area contributed by atoms with Gasteiger partial charge in [0, 0.05) is 5.56 Å². The van der Waals surface area contributed by atoms with E-state index in [0.29, 0.717) is 0 Å². The molecule has 0 atom stereocenters. The summed E-state index contributed by atoms with van der Waals surface area (Å²) < 4.78 is 0. The maximum Gasteiger partial charge on any atom is 0.225 e. The molecule has 0 saturated heterocycles. The Labute approximate surface area is 80.5 Å². The van der Waals surface area contributed by atoms with Gasteiger partial charge in [0.1, 0.15) is 5.01 Å². The van der Waals surface area contributed by atoms with Crippen LogP contribution in [0.15, 0.2) is 30.3 Å². The van der Waals surface area contributed by atoms with Crippen molar-refractivity contribution in [3.8, 4) is 16.5 Å². The van der Waals surface area contributed by atoms with Crippen molar-refractivity contribution in [3.63, 3.8) is 0 Å². The van der Waals surface area contributed by atoms with Crippen LogP contribution in [0.5, 0.6) is 5.88 Å². The Balaban J connectivity index is 2.48. The van der Waals surface area contributed by atoms with Crippen LogP contribution in [0.1, 0.15) is 4.88 Å². The number of aromatic nitrogens is 1. The number of aryl methyl sites for hydroxylation is 1. The van der Waals surface area contributed by atoms with Crippen LogP contribution < -0.4 is 0 Å². The van der Waals surface area contributed by atoms with E-state index in [1.165, 1.54) is 11.3 Å². The molecule has 0 radical (unpaired) electrons. The second-order valence-corrected chi connectivity index (χ2v) is 3.97. The Morgan fingerprint density at radius 3 is 2.46 bits per heavy atom. The summed E-state index contributed by atoms with van der Waals surface area (Å²) in [6.45, 7) is 1.86. The minimum absolute atomic E-state index is 0.142. The first-order valence-corrected chi connectivity index (χ1v) is 4.81. The highest BCUT2D eigenvalue weighted by atomic mass is 32.1. The molecule has 0 aliphatic heterocycles. The van der Waals surface area contributed by atoms with Crippen molar-refractivity contribution in [2.75, 3.05) is 0 Å². The molecule has 1 heterocycles. The fourth-order valence-corrected chi connectivity index (χ4v) is 1.91. The molecule has 0 amide bonds. The molecule has 0 unspecified atom stereocenters. The fraction of sp³-hybridized carbons (Fsp3) is 0.100. The zero-order valence-corrected chi connectivity index (χ0v) is 8.01. The van der Waals surface area contributed by atoms with Crippen molar-refractivity contribution in [1.82, 2.24) is 4.98 Å². The first-order chi connectivity index (χ1) is 6.27. The largest absolute Gasteiger partial charge is 0.492 e. The zero-order chi connectivity index (χ0) is 9.26. The number of rotatable bonds is 1. The van der Waals surface area contributed by atoms with Gasteiger partial charge in [0.15, 0.2) is 0 Å². The van der Waals surface area contributed by atoms with Crippen molar-refractivity contribution in [3.05, 3.63) is 35.2 Å². The van der Waals surface area contributed by atoms with Gasteiger partial charge in [0.25, 0.3) is 0 Å². The van der Waals surface area contributed by atoms with E-state index >= 15 is 0 Å². The van der Waals surface area contributed by atoms with Gasteiger partial charge in [-0.05, 0) is 6.92 Å². The molecular formula is C10H9NOS. The molecule has 0 spiro atoms. The van der Waals surface area contributed by atoms with Gasteiger partial charge in [0.2, 0.25) is 5.88 Å². The molecule has 2 aromatic rings. The van der Waals surface area contributed by atoms with E-state index in [9.17, 15) is 5.11 Å². The third-order valence-electron chi connectivity index (χ3n) is 1.79. The lowest BCUT2D eigenvalue weighted by molar-refractivity contribution is 0.454. The van der Waals surface area contributed by atoms with Crippen LogP contribution in [-0.4, -0.2) is 10.1 Å². The molecule has 2 nitrogen and oxygen atoms in total. The van der Waals surface area contributed by atoms with Crippen LogP contribution in [0.4, 0.5) is 0 Å². The van der Waals surface area contributed by atoms with E-state index in [1.54, 1.807) is 0 Å². The van der Waals surface area contributed by atoms with E-state index in [2.05, 4.69) is 4.98 Å². The number of thiazole rings is 1. The Morgan fingerprint density at radius 1 is 1.23 bits per heavy atom. The summed E-state index contributed by atoms with van der Waals surface area (Å²) in [4.78, 5) is 4.91.